The fraction of sp³-hybridized carbons (Fsp3) is 0.444. The van der Waals surface area contributed by atoms with E-state index in [-0.39, 0.29) is 5.91 Å². The molecule has 2 aromatic rings. The molecule has 0 atom stereocenters. The molecule has 2 rings (SSSR count). The summed E-state index contributed by atoms with van der Waals surface area (Å²) >= 11 is 6.40. The van der Waals surface area contributed by atoms with Gasteiger partial charge in [0, 0.05) is 13.1 Å². The highest BCUT2D eigenvalue weighted by molar-refractivity contribution is 6.33. The van der Waals surface area contributed by atoms with E-state index in [2.05, 4.69) is 29.2 Å². The lowest BCUT2D eigenvalue weighted by Gasteiger charge is -2.17. The van der Waals surface area contributed by atoms with Crippen molar-refractivity contribution in [3.63, 3.8) is 0 Å². The number of hydrogen-bond acceptors (Lipinski definition) is 3. The molecule has 1 aromatic carbocycles. The predicted molar refractivity (Wildman–Crippen MR) is 97.6 cm³/mol. The zero-order valence-electron chi connectivity index (χ0n) is 14.6. The molecule has 0 unspecified atom stereocenters. The summed E-state index contributed by atoms with van der Waals surface area (Å²) in [5.74, 6) is -0.163. The molecule has 1 amide bonds. The predicted octanol–water partition coefficient (Wildman–Crippen LogP) is 2.96. The highest BCUT2D eigenvalue weighted by Crippen LogP contribution is 2.20. The number of nitrogens with one attached hydrogen (secondary N) is 1. The topological polar surface area (TPSA) is 50.2 Å². The minimum atomic E-state index is -0.163. The van der Waals surface area contributed by atoms with E-state index in [1.165, 1.54) is 0 Å². The number of aryl methyl sites for hydroxylation is 1. The Balaban J connectivity index is 2.04. The minimum absolute atomic E-state index is 0.163. The van der Waals surface area contributed by atoms with Crippen LogP contribution >= 0.6 is 11.6 Å². The average Bonchev–Trinajstić information content (AvgIpc) is 2.86. The quantitative estimate of drug-likeness (QED) is 0.798. The summed E-state index contributed by atoms with van der Waals surface area (Å²) in [6, 6.07) is 9.93. The second-order valence-corrected chi connectivity index (χ2v) is 6.04. The van der Waals surface area contributed by atoms with Crippen LogP contribution in [0.2, 0.25) is 5.15 Å². The van der Waals surface area contributed by atoms with E-state index in [0.29, 0.717) is 29.5 Å². The Hall–Kier alpha value is -1.85. The molecule has 0 radical (unpaired) electrons. The van der Waals surface area contributed by atoms with Gasteiger partial charge in [-0.05, 0) is 25.6 Å². The van der Waals surface area contributed by atoms with E-state index in [0.717, 1.165) is 25.2 Å². The first-order valence-electron chi connectivity index (χ1n) is 8.34. The van der Waals surface area contributed by atoms with Gasteiger partial charge in [-0.2, -0.15) is 5.10 Å². The van der Waals surface area contributed by atoms with Gasteiger partial charge < -0.3 is 10.2 Å². The molecule has 5 nitrogen and oxygen atoms in total. The van der Waals surface area contributed by atoms with Gasteiger partial charge in [-0.25, -0.2) is 4.68 Å². The molecule has 0 saturated carbocycles. The van der Waals surface area contributed by atoms with Crippen LogP contribution in [-0.4, -0.2) is 46.8 Å². The molecule has 0 aliphatic heterocycles. The molecule has 130 valence electrons. The molecule has 0 saturated heterocycles. The third kappa shape index (κ3) is 4.58. The van der Waals surface area contributed by atoms with Crippen molar-refractivity contribution in [2.24, 2.45) is 0 Å². The Morgan fingerprint density at radius 2 is 1.92 bits per heavy atom. The molecule has 1 heterocycles. The van der Waals surface area contributed by atoms with Gasteiger partial charge in [0.1, 0.15) is 5.15 Å². The molecule has 1 aromatic heterocycles. The molecular weight excluding hydrogens is 324 g/mol. The summed E-state index contributed by atoms with van der Waals surface area (Å²) in [6.07, 6.45) is 0. The zero-order valence-corrected chi connectivity index (χ0v) is 15.3. The number of likely N-dealkylation sites (N-methyl/N-ethyl adjacent to an activating group) is 1. The van der Waals surface area contributed by atoms with E-state index in [9.17, 15) is 4.79 Å². The van der Waals surface area contributed by atoms with Crippen LogP contribution in [0.3, 0.4) is 0 Å². The lowest BCUT2D eigenvalue weighted by atomic mass is 10.2. The molecule has 0 bridgehead atoms. The van der Waals surface area contributed by atoms with Gasteiger partial charge in [-0.1, -0.05) is 55.8 Å². The molecule has 1 N–H and O–H groups in total. The second kappa shape index (κ2) is 8.85. The van der Waals surface area contributed by atoms with Crippen LogP contribution < -0.4 is 5.32 Å². The van der Waals surface area contributed by atoms with Crippen LogP contribution in [0, 0.1) is 6.92 Å². The van der Waals surface area contributed by atoms with Gasteiger partial charge in [-0.15, -0.1) is 0 Å². The summed E-state index contributed by atoms with van der Waals surface area (Å²) < 4.78 is 1.67. The Morgan fingerprint density at radius 1 is 1.25 bits per heavy atom. The standard InChI is InChI=1S/C18H25ClN4O/c1-4-22(5-2)12-11-20-18(24)16-14(3)21-23(17(16)19)13-15-9-7-6-8-10-15/h6-10H,4-5,11-13H2,1-3H3,(H,20,24). The maximum Gasteiger partial charge on any atom is 0.256 e. The van der Waals surface area contributed by atoms with E-state index >= 15 is 0 Å². The fourth-order valence-corrected chi connectivity index (χ4v) is 2.95. The van der Waals surface area contributed by atoms with Gasteiger partial charge in [-0.3, -0.25) is 4.79 Å². The lowest BCUT2D eigenvalue weighted by Crippen LogP contribution is -2.35. The van der Waals surface area contributed by atoms with Crippen molar-refractivity contribution >= 4 is 17.5 Å². The molecule has 24 heavy (non-hydrogen) atoms. The Morgan fingerprint density at radius 3 is 2.54 bits per heavy atom. The van der Waals surface area contributed by atoms with Crippen LogP contribution in [-0.2, 0) is 6.54 Å². The fourth-order valence-electron chi connectivity index (χ4n) is 2.63. The van der Waals surface area contributed by atoms with Crippen LogP contribution in [0.1, 0.15) is 35.5 Å². The van der Waals surface area contributed by atoms with E-state index in [1.807, 2.05) is 37.3 Å². The normalized spacial score (nSPS) is 11.0. The van der Waals surface area contributed by atoms with Gasteiger partial charge in [0.2, 0.25) is 0 Å². The molecule has 0 aliphatic rings. The number of aromatic nitrogens is 2. The van der Waals surface area contributed by atoms with Crippen LogP contribution in [0.15, 0.2) is 30.3 Å². The number of hydrogen-bond donors (Lipinski definition) is 1. The third-order valence-electron chi connectivity index (χ3n) is 4.08. The van der Waals surface area contributed by atoms with Crippen LogP contribution in [0.4, 0.5) is 0 Å². The Kier molecular flexibility index (Phi) is 6.82. The highest BCUT2D eigenvalue weighted by atomic mass is 35.5. The number of halogens is 1. The summed E-state index contributed by atoms with van der Waals surface area (Å²) in [5, 5.41) is 7.74. The van der Waals surface area contributed by atoms with E-state index in [4.69, 9.17) is 11.6 Å². The number of rotatable bonds is 8. The number of carbonyl (C=O) groups is 1. The molecular formula is C18H25ClN4O. The SMILES string of the molecule is CCN(CC)CCNC(=O)c1c(C)nn(Cc2ccccc2)c1Cl. The van der Waals surface area contributed by atoms with Crippen molar-refractivity contribution in [1.29, 1.82) is 0 Å². The summed E-state index contributed by atoms with van der Waals surface area (Å²) in [4.78, 5) is 14.7. The van der Waals surface area contributed by atoms with Crippen molar-refractivity contribution < 1.29 is 4.79 Å². The summed E-state index contributed by atoms with van der Waals surface area (Å²) in [6.45, 7) is 9.95. The van der Waals surface area contributed by atoms with Gasteiger partial charge in [0.25, 0.3) is 5.91 Å². The highest BCUT2D eigenvalue weighted by Gasteiger charge is 2.20. The molecule has 0 spiro atoms. The second-order valence-electron chi connectivity index (χ2n) is 5.68. The maximum atomic E-state index is 12.4. The first kappa shape index (κ1) is 18.5. The van der Waals surface area contributed by atoms with Crippen molar-refractivity contribution in [1.82, 2.24) is 20.0 Å². The zero-order chi connectivity index (χ0) is 17.5. The third-order valence-corrected chi connectivity index (χ3v) is 4.46. The first-order valence-corrected chi connectivity index (χ1v) is 8.72. The lowest BCUT2D eigenvalue weighted by molar-refractivity contribution is 0.0948. The minimum Gasteiger partial charge on any atom is -0.351 e. The van der Waals surface area contributed by atoms with Crippen molar-refractivity contribution in [3.05, 3.63) is 52.3 Å². The molecule has 0 aliphatic carbocycles. The van der Waals surface area contributed by atoms with Gasteiger partial charge >= 0.3 is 0 Å². The Bertz CT molecular complexity index is 665. The van der Waals surface area contributed by atoms with Crippen molar-refractivity contribution in [3.8, 4) is 0 Å². The number of benzene rings is 1. The van der Waals surface area contributed by atoms with Crippen molar-refractivity contribution in [2.45, 2.75) is 27.3 Å². The maximum absolute atomic E-state index is 12.4. The smallest absolute Gasteiger partial charge is 0.256 e. The monoisotopic (exact) mass is 348 g/mol. The van der Waals surface area contributed by atoms with E-state index < -0.39 is 0 Å². The largest absolute Gasteiger partial charge is 0.351 e. The summed E-state index contributed by atoms with van der Waals surface area (Å²) in [7, 11) is 0. The van der Waals surface area contributed by atoms with Crippen LogP contribution in [0.25, 0.3) is 0 Å². The summed E-state index contributed by atoms with van der Waals surface area (Å²) in [5.41, 5.74) is 2.21. The number of nitrogens with zero attached hydrogens (tertiary/aromatic N) is 3. The Labute approximate surface area is 148 Å². The average molecular weight is 349 g/mol. The number of carbonyl (C=O) groups excluding carboxylic acids is 1. The van der Waals surface area contributed by atoms with Gasteiger partial charge in [0.05, 0.1) is 17.8 Å². The van der Waals surface area contributed by atoms with Gasteiger partial charge in [0.15, 0.2) is 0 Å². The first-order chi connectivity index (χ1) is 11.6. The molecule has 0 fully saturated rings. The van der Waals surface area contributed by atoms with E-state index in [1.54, 1.807) is 4.68 Å². The number of amides is 1. The van der Waals surface area contributed by atoms with Crippen molar-refractivity contribution in [2.75, 3.05) is 26.2 Å². The van der Waals surface area contributed by atoms with Crippen LogP contribution in [0.5, 0.6) is 0 Å². The molecule has 6 heteroatoms.